The third-order valence-electron chi connectivity index (χ3n) is 3.48. The van der Waals surface area contributed by atoms with Gasteiger partial charge in [0.15, 0.2) is 0 Å². The molecule has 0 saturated heterocycles. The number of methoxy groups -OCH3 is 1. The zero-order valence-corrected chi connectivity index (χ0v) is 11.4. The number of nitrogens with one attached hydrogen (secondary N) is 1. The minimum Gasteiger partial charge on any atom is -0.480 e. The van der Waals surface area contributed by atoms with Gasteiger partial charge in [0, 0.05) is 11.2 Å². The highest BCUT2D eigenvalue weighted by atomic mass is 35.5. The topological polar surface area (TPSA) is 34.1 Å². The van der Waals surface area contributed by atoms with E-state index < -0.39 is 0 Å². The number of benzene rings is 1. The number of hydrogen-bond acceptors (Lipinski definition) is 3. The molecule has 0 amide bonds. The van der Waals surface area contributed by atoms with Crippen LogP contribution < -0.4 is 10.1 Å². The van der Waals surface area contributed by atoms with Crippen molar-refractivity contribution in [2.75, 3.05) is 12.4 Å². The highest BCUT2D eigenvalue weighted by Crippen LogP contribution is 2.36. The zero-order chi connectivity index (χ0) is 13.2. The van der Waals surface area contributed by atoms with Crippen LogP contribution in [0.2, 0.25) is 5.02 Å². The molecule has 0 spiro atoms. The van der Waals surface area contributed by atoms with Gasteiger partial charge >= 0.3 is 0 Å². The van der Waals surface area contributed by atoms with Crippen LogP contribution in [0, 0.1) is 0 Å². The van der Waals surface area contributed by atoms with Crippen LogP contribution in [0.5, 0.6) is 5.88 Å². The van der Waals surface area contributed by atoms with Crippen molar-refractivity contribution in [3.05, 3.63) is 52.7 Å². The van der Waals surface area contributed by atoms with Crippen molar-refractivity contribution in [1.82, 2.24) is 4.98 Å². The number of aryl methyl sites for hydroxylation is 1. The number of anilines is 1. The number of ether oxygens (including phenoxy) is 1. The van der Waals surface area contributed by atoms with Crippen LogP contribution in [0.1, 0.15) is 23.6 Å². The first-order valence-corrected chi connectivity index (χ1v) is 6.69. The van der Waals surface area contributed by atoms with Gasteiger partial charge in [0.25, 0.3) is 0 Å². The van der Waals surface area contributed by atoms with E-state index in [-0.39, 0.29) is 0 Å². The van der Waals surface area contributed by atoms with E-state index in [1.54, 1.807) is 13.3 Å². The summed E-state index contributed by atoms with van der Waals surface area (Å²) >= 11 is 6.03. The van der Waals surface area contributed by atoms with E-state index in [4.69, 9.17) is 16.3 Å². The molecule has 1 unspecified atom stereocenters. The van der Waals surface area contributed by atoms with Gasteiger partial charge < -0.3 is 10.1 Å². The van der Waals surface area contributed by atoms with Gasteiger partial charge in [-0.2, -0.15) is 0 Å². The molecule has 0 saturated carbocycles. The first kappa shape index (κ1) is 12.3. The fourth-order valence-corrected chi connectivity index (χ4v) is 2.78. The van der Waals surface area contributed by atoms with Crippen molar-refractivity contribution >= 4 is 17.3 Å². The van der Waals surface area contributed by atoms with Crippen LogP contribution in [0.3, 0.4) is 0 Å². The molecule has 0 fully saturated rings. The second-order valence-electron chi connectivity index (χ2n) is 4.64. The monoisotopic (exact) mass is 274 g/mol. The molecular weight excluding hydrogens is 260 g/mol. The Kier molecular flexibility index (Phi) is 3.30. The summed E-state index contributed by atoms with van der Waals surface area (Å²) in [6, 6.07) is 10.3. The Labute approximate surface area is 117 Å². The van der Waals surface area contributed by atoms with Gasteiger partial charge in [-0.1, -0.05) is 17.7 Å². The Bertz CT molecular complexity index is 600. The van der Waals surface area contributed by atoms with E-state index in [0.717, 1.165) is 23.6 Å². The van der Waals surface area contributed by atoms with E-state index in [0.29, 0.717) is 11.9 Å². The van der Waals surface area contributed by atoms with Crippen LogP contribution in [-0.2, 0) is 6.42 Å². The number of aromatic nitrogens is 1. The molecule has 3 nitrogen and oxygen atoms in total. The lowest BCUT2D eigenvalue weighted by atomic mass is 10.1. The second-order valence-corrected chi connectivity index (χ2v) is 5.08. The first-order chi connectivity index (χ1) is 9.28. The average molecular weight is 275 g/mol. The summed E-state index contributed by atoms with van der Waals surface area (Å²) < 4.78 is 5.27. The third-order valence-corrected chi connectivity index (χ3v) is 3.71. The minimum atomic E-state index is 0.297. The van der Waals surface area contributed by atoms with Crippen molar-refractivity contribution < 1.29 is 4.74 Å². The normalized spacial score (nSPS) is 17.1. The Morgan fingerprint density at radius 1 is 1.37 bits per heavy atom. The van der Waals surface area contributed by atoms with Gasteiger partial charge in [-0.15, -0.1) is 0 Å². The lowest BCUT2D eigenvalue weighted by molar-refractivity contribution is 0.399. The number of hydrogen-bond donors (Lipinski definition) is 1. The summed E-state index contributed by atoms with van der Waals surface area (Å²) in [5.41, 5.74) is 3.57. The van der Waals surface area contributed by atoms with Crippen molar-refractivity contribution in [2.24, 2.45) is 0 Å². The molecule has 0 bridgehead atoms. The number of halogens is 1. The Balaban J connectivity index is 1.87. The van der Waals surface area contributed by atoms with Crippen LogP contribution in [-0.4, -0.2) is 12.1 Å². The summed E-state index contributed by atoms with van der Waals surface area (Å²) in [6.07, 6.45) is 3.84. The zero-order valence-electron chi connectivity index (χ0n) is 10.7. The summed E-state index contributed by atoms with van der Waals surface area (Å²) in [6.45, 7) is 0. The van der Waals surface area contributed by atoms with E-state index in [1.165, 1.54) is 11.1 Å². The molecule has 1 atom stereocenters. The van der Waals surface area contributed by atoms with Gasteiger partial charge in [-0.25, -0.2) is 4.98 Å². The Morgan fingerprint density at radius 2 is 2.26 bits per heavy atom. The molecule has 1 aromatic heterocycles. The maximum absolute atomic E-state index is 6.03. The smallest absolute Gasteiger partial charge is 0.237 e. The Morgan fingerprint density at radius 3 is 3.11 bits per heavy atom. The fourth-order valence-electron chi connectivity index (χ4n) is 2.59. The lowest BCUT2D eigenvalue weighted by Crippen LogP contribution is -2.08. The molecule has 1 heterocycles. The standard InChI is InChI=1S/C15H15ClN2O/c1-19-15-14(3-2-8-17-15)18-13-7-4-10-9-11(16)5-6-12(10)13/h2-3,5-6,8-9,13,18H,4,7H2,1H3. The van der Waals surface area contributed by atoms with Crippen molar-refractivity contribution in [1.29, 1.82) is 0 Å². The second kappa shape index (κ2) is 5.10. The SMILES string of the molecule is COc1ncccc1NC1CCc2cc(Cl)ccc21. The molecule has 1 aromatic carbocycles. The van der Waals surface area contributed by atoms with Crippen LogP contribution in [0.15, 0.2) is 36.5 Å². The fraction of sp³-hybridized carbons (Fsp3) is 0.267. The molecule has 1 N–H and O–H groups in total. The lowest BCUT2D eigenvalue weighted by Gasteiger charge is -2.17. The molecular formula is C15H15ClN2O. The summed E-state index contributed by atoms with van der Waals surface area (Å²) in [7, 11) is 1.63. The molecule has 1 aliphatic rings. The molecule has 19 heavy (non-hydrogen) atoms. The highest BCUT2D eigenvalue weighted by molar-refractivity contribution is 6.30. The van der Waals surface area contributed by atoms with Gasteiger partial charge in [-0.3, -0.25) is 0 Å². The van der Waals surface area contributed by atoms with E-state index in [2.05, 4.69) is 22.4 Å². The summed E-state index contributed by atoms with van der Waals surface area (Å²) in [4.78, 5) is 4.20. The molecule has 3 rings (SSSR count). The maximum atomic E-state index is 6.03. The molecule has 98 valence electrons. The molecule has 0 aliphatic heterocycles. The van der Waals surface area contributed by atoms with Gasteiger partial charge in [0.2, 0.25) is 5.88 Å². The minimum absolute atomic E-state index is 0.297. The third kappa shape index (κ3) is 2.38. The summed E-state index contributed by atoms with van der Waals surface area (Å²) in [5.74, 6) is 0.630. The van der Waals surface area contributed by atoms with E-state index in [9.17, 15) is 0 Å². The van der Waals surface area contributed by atoms with Crippen LogP contribution >= 0.6 is 11.6 Å². The quantitative estimate of drug-likeness (QED) is 0.923. The number of rotatable bonds is 3. The summed E-state index contributed by atoms with van der Waals surface area (Å²) in [5, 5.41) is 4.31. The largest absolute Gasteiger partial charge is 0.480 e. The first-order valence-electron chi connectivity index (χ1n) is 6.32. The van der Waals surface area contributed by atoms with Crippen LogP contribution in [0.4, 0.5) is 5.69 Å². The number of nitrogens with zero attached hydrogens (tertiary/aromatic N) is 1. The van der Waals surface area contributed by atoms with Gasteiger partial charge in [0.1, 0.15) is 0 Å². The maximum Gasteiger partial charge on any atom is 0.237 e. The molecule has 4 heteroatoms. The van der Waals surface area contributed by atoms with E-state index >= 15 is 0 Å². The molecule has 0 radical (unpaired) electrons. The van der Waals surface area contributed by atoms with Crippen LogP contribution in [0.25, 0.3) is 0 Å². The Hall–Kier alpha value is -1.74. The highest BCUT2D eigenvalue weighted by Gasteiger charge is 2.23. The van der Waals surface area contributed by atoms with Crippen molar-refractivity contribution in [2.45, 2.75) is 18.9 Å². The van der Waals surface area contributed by atoms with Crippen molar-refractivity contribution in [3.8, 4) is 5.88 Å². The molecule has 2 aromatic rings. The predicted molar refractivity (Wildman–Crippen MR) is 76.9 cm³/mol. The number of pyridine rings is 1. The molecule has 1 aliphatic carbocycles. The average Bonchev–Trinajstić information content (AvgIpc) is 2.82. The predicted octanol–water partition coefficient (Wildman–Crippen LogP) is 3.84. The van der Waals surface area contributed by atoms with Gasteiger partial charge in [-0.05, 0) is 48.2 Å². The number of fused-ring (bicyclic) bond motifs is 1. The van der Waals surface area contributed by atoms with Gasteiger partial charge in [0.05, 0.1) is 18.8 Å². The van der Waals surface area contributed by atoms with Crippen molar-refractivity contribution in [3.63, 3.8) is 0 Å². The van der Waals surface area contributed by atoms with E-state index in [1.807, 2.05) is 18.2 Å².